The topological polar surface area (TPSA) is 96.0 Å². The van der Waals surface area contributed by atoms with Gasteiger partial charge in [0.15, 0.2) is 0 Å². The molecule has 2 atom stereocenters. The zero-order chi connectivity index (χ0) is 14.9. The van der Waals surface area contributed by atoms with E-state index >= 15 is 0 Å². The first-order chi connectivity index (χ1) is 9.51. The van der Waals surface area contributed by atoms with E-state index in [1.807, 2.05) is 13.8 Å². The molecule has 0 spiro atoms. The van der Waals surface area contributed by atoms with Crippen molar-refractivity contribution in [3.8, 4) is 0 Å². The lowest BCUT2D eigenvalue weighted by Gasteiger charge is -2.28. The summed E-state index contributed by atoms with van der Waals surface area (Å²) in [6.07, 6.45) is -0.500. The fourth-order valence-electron chi connectivity index (χ4n) is 2.83. The molecule has 0 aliphatic carbocycles. The van der Waals surface area contributed by atoms with Crippen LogP contribution in [0, 0.1) is 0 Å². The lowest BCUT2D eigenvalue weighted by atomic mass is 10.2. The van der Waals surface area contributed by atoms with Crippen molar-refractivity contribution >= 4 is 18.0 Å². The molecule has 2 aliphatic rings. The zero-order valence-electron chi connectivity index (χ0n) is 11.7. The van der Waals surface area contributed by atoms with E-state index in [4.69, 9.17) is 0 Å². The molecule has 0 aromatic carbocycles. The van der Waals surface area contributed by atoms with Crippen molar-refractivity contribution in [2.24, 2.45) is 0 Å². The van der Waals surface area contributed by atoms with Crippen LogP contribution in [0.1, 0.15) is 26.7 Å². The SMILES string of the molecule is CCN1C(=O)N(CC)[C@H]2NC(=O)N(CCCC(=O)[O-])[C@H]21. The van der Waals surface area contributed by atoms with Crippen LogP contribution in [0.3, 0.4) is 0 Å². The minimum absolute atomic E-state index is 0.0985. The highest BCUT2D eigenvalue weighted by Crippen LogP contribution is 2.28. The Morgan fingerprint density at radius 2 is 1.85 bits per heavy atom. The van der Waals surface area contributed by atoms with E-state index in [9.17, 15) is 19.5 Å². The maximum absolute atomic E-state index is 12.2. The van der Waals surface area contributed by atoms with E-state index in [0.29, 0.717) is 26.1 Å². The number of amides is 4. The quantitative estimate of drug-likeness (QED) is 0.674. The maximum atomic E-state index is 12.2. The molecule has 2 heterocycles. The molecule has 0 radical (unpaired) electrons. The number of carbonyl (C=O) groups is 3. The van der Waals surface area contributed by atoms with Crippen LogP contribution in [0.15, 0.2) is 0 Å². The van der Waals surface area contributed by atoms with Crippen LogP contribution in [0.25, 0.3) is 0 Å². The van der Waals surface area contributed by atoms with Crippen molar-refractivity contribution in [2.75, 3.05) is 19.6 Å². The minimum Gasteiger partial charge on any atom is -0.550 e. The molecule has 2 saturated heterocycles. The molecule has 20 heavy (non-hydrogen) atoms. The van der Waals surface area contributed by atoms with E-state index in [2.05, 4.69) is 5.32 Å². The number of urea groups is 2. The van der Waals surface area contributed by atoms with E-state index in [1.54, 1.807) is 9.80 Å². The first-order valence-electron chi connectivity index (χ1n) is 6.85. The van der Waals surface area contributed by atoms with Crippen molar-refractivity contribution in [2.45, 2.75) is 39.0 Å². The fraction of sp³-hybridized carbons (Fsp3) is 0.750. The number of nitrogens with zero attached hydrogens (tertiary/aromatic N) is 3. The Bertz CT molecular complexity index is 428. The molecule has 112 valence electrons. The summed E-state index contributed by atoms with van der Waals surface area (Å²) in [5, 5.41) is 13.2. The molecule has 1 N–H and O–H groups in total. The number of carboxylic acids is 1. The summed E-state index contributed by atoms with van der Waals surface area (Å²) in [6, 6.07) is -0.363. The summed E-state index contributed by atoms with van der Waals surface area (Å²) < 4.78 is 0. The van der Waals surface area contributed by atoms with Crippen LogP contribution >= 0.6 is 0 Å². The van der Waals surface area contributed by atoms with Crippen molar-refractivity contribution in [1.29, 1.82) is 0 Å². The van der Waals surface area contributed by atoms with E-state index < -0.39 is 5.97 Å². The number of rotatable bonds is 6. The van der Waals surface area contributed by atoms with Crippen LogP contribution in [0.5, 0.6) is 0 Å². The third-order valence-electron chi connectivity index (χ3n) is 3.74. The van der Waals surface area contributed by atoms with Gasteiger partial charge in [-0.1, -0.05) is 0 Å². The summed E-state index contributed by atoms with van der Waals surface area (Å²) in [5.41, 5.74) is 0. The van der Waals surface area contributed by atoms with E-state index in [-0.39, 0.29) is 30.8 Å². The standard InChI is InChI=1S/C12H20N4O4/c1-3-14-9-10(15(4-2)12(14)20)16(11(19)13-9)7-5-6-8(17)18/h9-10H,3-7H2,1-2H3,(H,13,19)(H,17,18)/p-1/t9-,10-/m1/s1. The average molecular weight is 283 g/mol. The maximum Gasteiger partial charge on any atom is 0.323 e. The third-order valence-corrected chi connectivity index (χ3v) is 3.74. The van der Waals surface area contributed by atoms with Crippen LogP contribution < -0.4 is 10.4 Å². The molecule has 0 unspecified atom stereocenters. The van der Waals surface area contributed by atoms with Gasteiger partial charge >= 0.3 is 12.1 Å². The molecule has 8 nitrogen and oxygen atoms in total. The van der Waals surface area contributed by atoms with Gasteiger partial charge in [0.25, 0.3) is 0 Å². The highest BCUT2D eigenvalue weighted by Gasteiger charge is 2.53. The predicted octanol–water partition coefficient (Wildman–Crippen LogP) is -1.03. The molecule has 2 rings (SSSR count). The van der Waals surface area contributed by atoms with Crippen LogP contribution in [0.4, 0.5) is 9.59 Å². The first kappa shape index (κ1) is 14.4. The number of carbonyl (C=O) groups excluding carboxylic acids is 3. The Morgan fingerprint density at radius 1 is 1.20 bits per heavy atom. The van der Waals surface area contributed by atoms with Gasteiger partial charge in [0.1, 0.15) is 12.3 Å². The Hall–Kier alpha value is -1.99. The second-order valence-corrected chi connectivity index (χ2v) is 4.83. The number of nitrogens with one attached hydrogen (secondary N) is 1. The van der Waals surface area contributed by atoms with Crippen molar-refractivity contribution < 1.29 is 19.5 Å². The van der Waals surface area contributed by atoms with Crippen molar-refractivity contribution in [1.82, 2.24) is 20.0 Å². The smallest absolute Gasteiger partial charge is 0.323 e. The minimum atomic E-state index is -1.13. The number of fused-ring (bicyclic) bond motifs is 1. The third kappa shape index (κ3) is 2.25. The molecular weight excluding hydrogens is 264 g/mol. The Labute approximate surface area is 117 Å². The van der Waals surface area contributed by atoms with Gasteiger partial charge < -0.3 is 29.9 Å². The monoisotopic (exact) mass is 283 g/mol. The molecular formula is C12H19N4O4-. The van der Waals surface area contributed by atoms with Gasteiger partial charge in [-0.05, 0) is 26.7 Å². The average Bonchev–Trinajstić information content (AvgIpc) is 2.82. The Balaban J connectivity index is 2.11. The summed E-state index contributed by atoms with van der Waals surface area (Å²) in [5.74, 6) is -1.13. The largest absolute Gasteiger partial charge is 0.550 e. The number of likely N-dealkylation sites (N-methyl/N-ethyl adjacent to an activating group) is 2. The summed E-state index contributed by atoms with van der Waals surface area (Å²) in [7, 11) is 0. The van der Waals surface area contributed by atoms with Gasteiger partial charge in [-0.3, -0.25) is 0 Å². The Morgan fingerprint density at radius 3 is 2.40 bits per heavy atom. The molecule has 0 saturated carbocycles. The molecule has 0 bridgehead atoms. The van der Waals surface area contributed by atoms with Gasteiger partial charge in [-0.2, -0.15) is 0 Å². The zero-order valence-corrected chi connectivity index (χ0v) is 11.7. The van der Waals surface area contributed by atoms with Crippen LogP contribution in [-0.2, 0) is 4.79 Å². The Kier molecular flexibility index (Phi) is 4.01. The molecule has 2 fully saturated rings. The van der Waals surface area contributed by atoms with Crippen LogP contribution in [0.2, 0.25) is 0 Å². The number of hydrogen-bond donors (Lipinski definition) is 1. The number of aliphatic carboxylic acids is 1. The second-order valence-electron chi connectivity index (χ2n) is 4.83. The fourth-order valence-corrected chi connectivity index (χ4v) is 2.83. The van der Waals surface area contributed by atoms with Crippen molar-refractivity contribution in [3.05, 3.63) is 0 Å². The summed E-state index contributed by atoms with van der Waals surface area (Å²) in [6.45, 7) is 5.03. The molecule has 8 heteroatoms. The number of hydrogen-bond acceptors (Lipinski definition) is 4. The van der Waals surface area contributed by atoms with Gasteiger partial charge in [0, 0.05) is 25.6 Å². The first-order valence-corrected chi connectivity index (χ1v) is 6.85. The normalized spacial score (nSPS) is 25.2. The lowest BCUT2D eigenvalue weighted by Crippen LogP contribution is -2.46. The molecule has 4 amide bonds. The van der Waals surface area contributed by atoms with Crippen LogP contribution in [-0.4, -0.2) is 64.7 Å². The molecule has 2 aliphatic heterocycles. The van der Waals surface area contributed by atoms with Gasteiger partial charge in [-0.15, -0.1) is 0 Å². The molecule has 0 aromatic rings. The van der Waals surface area contributed by atoms with Gasteiger partial charge in [0.05, 0.1) is 0 Å². The summed E-state index contributed by atoms with van der Waals surface area (Å²) in [4.78, 5) is 39.4. The molecule has 0 aromatic heterocycles. The van der Waals surface area contributed by atoms with Crippen molar-refractivity contribution in [3.63, 3.8) is 0 Å². The predicted molar refractivity (Wildman–Crippen MR) is 67.2 cm³/mol. The van der Waals surface area contributed by atoms with Gasteiger partial charge in [-0.25, -0.2) is 9.59 Å². The summed E-state index contributed by atoms with van der Waals surface area (Å²) >= 11 is 0. The highest BCUT2D eigenvalue weighted by molar-refractivity contribution is 5.85. The highest BCUT2D eigenvalue weighted by atomic mass is 16.4. The lowest BCUT2D eigenvalue weighted by molar-refractivity contribution is -0.305. The van der Waals surface area contributed by atoms with E-state index in [1.165, 1.54) is 4.90 Å². The van der Waals surface area contributed by atoms with E-state index in [0.717, 1.165) is 0 Å². The second kappa shape index (κ2) is 5.56. The number of carboxylic acid groups (broad SMARTS) is 1. The van der Waals surface area contributed by atoms with Gasteiger partial charge in [0.2, 0.25) is 0 Å².